The molecule has 0 bridgehead atoms. The average molecular weight is 479 g/mol. The summed E-state index contributed by atoms with van der Waals surface area (Å²) in [5.41, 5.74) is 1.05. The number of nitrogens with one attached hydrogen (secondary N) is 2. The third-order valence-electron chi connectivity index (χ3n) is 2.28. The van der Waals surface area contributed by atoms with Gasteiger partial charge < -0.3 is 10.6 Å². The SMILES string of the molecule is CN=C(NCCSC)NCc1ccc(Br)cc1Cl.I. The Morgan fingerprint density at radius 1 is 1.42 bits per heavy atom. The van der Waals surface area contributed by atoms with E-state index in [9.17, 15) is 0 Å². The Morgan fingerprint density at radius 2 is 2.16 bits per heavy atom. The number of guanidine groups is 1. The molecule has 1 rings (SSSR count). The molecule has 0 radical (unpaired) electrons. The van der Waals surface area contributed by atoms with Gasteiger partial charge in [0, 0.05) is 35.4 Å². The summed E-state index contributed by atoms with van der Waals surface area (Å²) in [7, 11) is 1.76. The van der Waals surface area contributed by atoms with E-state index in [-0.39, 0.29) is 24.0 Å². The quantitative estimate of drug-likeness (QED) is 0.293. The van der Waals surface area contributed by atoms with Crippen molar-refractivity contribution in [1.82, 2.24) is 10.6 Å². The number of hydrogen-bond donors (Lipinski definition) is 2. The molecule has 2 N–H and O–H groups in total. The Labute approximate surface area is 149 Å². The van der Waals surface area contributed by atoms with Gasteiger partial charge in [-0.05, 0) is 24.0 Å². The standard InChI is InChI=1S/C12H17BrClN3S.HI/c1-15-12(16-5-6-18-2)17-8-9-3-4-10(13)7-11(9)14;/h3-4,7H,5-6,8H2,1-2H3,(H2,15,16,17);1H. The van der Waals surface area contributed by atoms with Crippen molar-refractivity contribution in [3.8, 4) is 0 Å². The molecule has 0 spiro atoms. The highest BCUT2D eigenvalue weighted by Gasteiger charge is 2.02. The first-order valence-corrected chi connectivity index (χ1v) is 8.11. The maximum absolute atomic E-state index is 6.15. The number of thioether (sulfide) groups is 1. The Kier molecular flexibility index (Phi) is 11.2. The van der Waals surface area contributed by atoms with Crippen LogP contribution in [0.3, 0.4) is 0 Å². The fraction of sp³-hybridized carbons (Fsp3) is 0.417. The summed E-state index contributed by atoms with van der Waals surface area (Å²) in [5.74, 6) is 1.85. The molecule has 0 aliphatic heterocycles. The van der Waals surface area contributed by atoms with Crippen LogP contribution in [0.15, 0.2) is 27.7 Å². The first-order chi connectivity index (χ1) is 8.67. The number of rotatable bonds is 5. The van der Waals surface area contributed by atoms with E-state index in [0.29, 0.717) is 6.54 Å². The van der Waals surface area contributed by atoms with Crippen LogP contribution in [-0.2, 0) is 6.54 Å². The van der Waals surface area contributed by atoms with Crippen molar-refractivity contribution in [2.75, 3.05) is 25.6 Å². The van der Waals surface area contributed by atoms with Gasteiger partial charge in [0.25, 0.3) is 0 Å². The minimum atomic E-state index is 0. The molecule has 0 amide bonds. The number of halogens is 3. The van der Waals surface area contributed by atoms with Gasteiger partial charge in [0.05, 0.1) is 0 Å². The fourth-order valence-corrected chi connectivity index (χ4v) is 2.38. The molecule has 19 heavy (non-hydrogen) atoms. The predicted octanol–water partition coefficient (Wildman–Crippen LogP) is 3.75. The second-order valence-electron chi connectivity index (χ2n) is 3.58. The molecule has 7 heteroatoms. The van der Waals surface area contributed by atoms with E-state index in [1.54, 1.807) is 18.8 Å². The van der Waals surface area contributed by atoms with Crippen molar-refractivity contribution in [1.29, 1.82) is 0 Å². The summed E-state index contributed by atoms with van der Waals surface area (Å²) in [6.45, 7) is 1.56. The lowest BCUT2D eigenvalue weighted by Crippen LogP contribution is -2.37. The van der Waals surface area contributed by atoms with E-state index < -0.39 is 0 Å². The maximum Gasteiger partial charge on any atom is 0.191 e. The number of benzene rings is 1. The summed E-state index contributed by atoms with van der Waals surface area (Å²) in [4.78, 5) is 4.15. The average Bonchev–Trinajstić information content (AvgIpc) is 2.35. The van der Waals surface area contributed by atoms with Crippen LogP contribution in [0, 0.1) is 0 Å². The monoisotopic (exact) mass is 477 g/mol. The van der Waals surface area contributed by atoms with Gasteiger partial charge >= 0.3 is 0 Å². The van der Waals surface area contributed by atoms with E-state index in [0.717, 1.165) is 33.3 Å². The minimum absolute atomic E-state index is 0. The van der Waals surface area contributed by atoms with Crippen molar-refractivity contribution in [2.45, 2.75) is 6.54 Å². The summed E-state index contributed by atoms with van der Waals surface area (Å²) in [5, 5.41) is 7.22. The van der Waals surface area contributed by atoms with Crippen LogP contribution in [0.2, 0.25) is 5.02 Å². The fourth-order valence-electron chi connectivity index (χ4n) is 1.34. The smallest absolute Gasteiger partial charge is 0.191 e. The van der Waals surface area contributed by atoms with Gasteiger partial charge in [0.15, 0.2) is 5.96 Å². The normalized spacial score (nSPS) is 10.8. The maximum atomic E-state index is 6.15. The van der Waals surface area contributed by atoms with Crippen molar-refractivity contribution >= 4 is 69.2 Å². The van der Waals surface area contributed by atoms with Gasteiger partial charge in [0.1, 0.15) is 0 Å². The van der Waals surface area contributed by atoms with Crippen LogP contribution < -0.4 is 10.6 Å². The van der Waals surface area contributed by atoms with Gasteiger partial charge in [0.2, 0.25) is 0 Å². The highest BCUT2D eigenvalue weighted by Crippen LogP contribution is 2.20. The minimum Gasteiger partial charge on any atom is -0.356 e. The molecular weight excluding hydrogens is 460 g/mol. The summed E-state index contributed by atoms with van der Waals surface area (Å²) < 4.78 is 0.985. The highest BCUT2D eigenvalue weighted by molar-refractivity contribution is 14.0. The van der Waals surface area contributed by atoms with Gasteiger partial charge in [-0.1, -0.05) is 33.6 Å². The number of aliphatic imine (C=N–C) groups is 1. The Morgan fingerprint density at radius 3 is 2.74 bits per heavy atom. The lowest BCUT2D eigenvalue weighted by molar-refractivity contribution is 0.833. The Hall–Kier alpha value is 0.340. The van der Waals surface area contributed by atoms with Crippen molar-refractivity contribution in [3.05, 3.63) is 33.3 Å². The van der Waals surface area contributed by atoms with Crippen molar-refractivity contribution in [2.24, 2.45) is 4.99 Å². The molecule has 0 unspecified atom stereocenters. The first-order valence-electron chi connectivity index (χ1n) is 5.54. The molecule has 108 valence electrons. The Bertz CT molecular complexity index is 418. The van der Waals surface area contributed by atoms with Crippen molar-refractivity contribution < 1.29 is 0 Å². The zero-order chi connectivity index (χ0) is 13.4. The predicted molar refractivity (Wildman–Crippen MR) is 101 cm³/mol. The molecule has 0 fully saturated rings. The van der Waals surface area contributed by atoms with E-state index in [4.69, 9.17) is 11.6 Å². The van der Waals surface area contributed by atoms with Gasteiger partial charge in [-0.15, -0.1) is 24.0 Å². The molecule has 0 atom stereocenters. The van der Waals surface area contributed by atoms with Crippen LogP contribution in [-0.4, -0.2) is 31.6 Å². The number of hydrogen-bond acceptors (Lipinski definition) is 2. The van der Waals surface area contributed by atoms with Gasteiger partial charge in [-0.2, -0.15) is 11.8 Å². The number of nitrogens with zero attached hydrogens (tertiary/aromatic N) is 1. The molecule has 0 aliphatic carbocycles. The third kappa shape index (κ3) is 7.63. The highest BCUT2D eigenvalue weighted by atomic mass is 127. The summed E-state index contributed by atoms with van der Waals surface area (Å²) in [6.07, 6.45) is 2.08. The lowest BCUT2D eigenvalue weighted by Gasteiger charge is -2.12. The van der Waals surface area contributed by atoms with Crippen LogP contribution >= 0.6 is 63.3 Å². The molecule has 3 nitrogen and oxygen atoms in total. The van der Waals surface area contributed by atoms with Gasteiger partial charge in [-0.25, -0.2) is 0 Å². The molecular formula is C12H18BrClIN3S. The third-order valence-corrected chi connectivity index (χ3v) is 3.74. The van der Waals surface area contributed by atoms with Crippen LogP contribution in [0.5, 0.6) is 0 Å². The molecule has 0 heterocycles. The van der Waals surface area contributed by atoms with Crippen LogP contribution in [0.4, 0.5) is 0 Å². The first kappa shape index (κ1) is 19.3. The van der Waals surface area contributed by atoms with Gasteiger partial charge in [-0.3, -0.25) is 4.99 Å². The molecule has 0 saturated carbocycles. The molecule has 1 aromatic rings. The van der Waals surface area contributed by atoms with E-state index >= 15 is 0 Å². The molecule has 0 aliphatic rings. The van der Waals surface area contributed by atoms with E-state index in [1.807, 2.05) is 18.2 Å². The zero-order valence-electron chi connectivity index (χ0n) is 10.9. The van der Waals surface area contributed by atoms with Crippen LogP contribution in [0.1, 0.15) is 5.56 Å². The molecule has 1 aromatic carbocycles. The second-order valence-corrected chi connectivity index (χ2v) is 5.89. The Balaban J connectivity index is 0.00000324. The summed E-state index contributed by atoms with van der Waals surface area (Å²) >= 11 is 11.3. The lowest BCUT2D eigenvalue weighted by atomic mass is 10.2. The molecule has 0 saturated heterocycles. The second kappa shape index (κ2) is 11.0. The van der Waals surface area contributed by atoms with E-state index in [2.05, 4.69) is 37.8 Å². The largest absolute Gasteiger partial charge is 0.356 e. The van der Waals surface area contributed by atoms with Crippen molar-refractivity contribution in [3.63, 3.8) is 0 Å². The molecule has 0 aromatic heterocycles. The van der Waals surface area contributed by atoms with E-state index in [1.165, 1.54) is 0 Å². The zero-order valence-corrected chi connectivity index (χ0v) is 16.4. The topological polar surface area (TPSA) is 36.4 Å². The summed E-state index contributed by atoms with van der Waals surface area (Å²) in [6, 6.07) is 5.86. The van der Waals surface area contributed by atoms with Crippen LogP contribution in [0.25, 0.3) is 0 Å².